The van der Waals surface area contributed by atoms with E-state index in [4.69, 9.17) is 16.1 Å². The third-order valence-corrected chi connectivity index (χ3v) is 4.15. The standard InChI is InChI=1S/C11H12ClN3OS/c12-9-2-1-8(17-9)11-14-10(15-16-11)7-3-5-13-6-4-7/h1-2,7,13H,3-6H2. The van der Waals surface area contributed by atoms with Gasteiger partial charge in [-0.2, -0.15) is 4.98 Å². The topological polar surface area (TPSA) is 51.0 Å². The lowest BCUT2D eigenvalue weighted by Crippen LogP contribution is -2.27. The minimum atomic E-state index is 0.421. The molecule has 3 rings (SSSR count). The highest BCUT2D eigenvalue weighted by molar-refractivity contribution is 7.19. The van der Waals surface area contributed by atoms with Crippen LogP contribution in [0.5, 0.6) is 0 Å². The van der Waals surface area contributed by atoms with Gasteiger partial charge in [0.1, 0.15) is 0 Å². The van der Waals surface area contributed by atoms with Crippen LogP contribution in [0.3, 0.4) is 0 Å². The zero-order valence-electron chi connectivity index (χ0n) is 9.15. The molecule has 2 aromatic rings. The first-order valence-electron chi connectivity index (χ1n) is 5.63. The summed E-state index contributed by atoms with van der Waals surface area (Å²) < 4.78 is 6.03. The van der Waals surface area contributed by atoms with Crippen molar-refractivity contribution >= 4 is 22.9 Å². The Kier molecular flexibility index (Phi) is 3.13. The highest BCUT2D eigenvalue weighted by atomic mass is 35.5. The SMILES string of the molecule is Clc1ccc(-c2nc(C3CCNCC3)no2)s1. The normalized spacial score (nSPS) is 17.5. The number of aromatic nitrogens is 2. The quantitative estimate of drug-likeness (QED) is 0.911. The molecule has 0 unspecified atom stereocenters. The third-order valence-electron chi connectivity index (χ3n) is 2.93. The molecule has 2 aromatic heterocycles. The van der Waals surface area contributed by atoms with Crippen LogP contribution < -0.4 is 5.32 Å². The Balaban J connectivity index is 1.82. The maximum Gasteiger partial charge on any atom is 0.268 e. The maximum atomic E-state index is 5.89. The molecule has 0 spiro atoms. The average molecular weight is 270 g/mol. The molecule has 1 aliphatic heterocycles. The van der Waals surface area contributed by atoms with E-state index in [1.165, 1.54) is 11.3 Å². The van der Waals surface area contributed by atoms with E-state index in [2.05, 4.69) is 15.5 Å². The van der Waals surface area contributed by atoms with E-state index in [-0.39, 0.29) is 0 Å². The molecule has 0 amide bonds. The van der Waals surface area contributed by atoms with Gasteiger partial charge in [-0.1, -0.05) is 16.8 Å². The van der Waals surface area contributed by atoms with Gasteiger partial charge < -0.3 is 9.84 Å². The summed E-state index contributed by atoms with van der Waals surface area (Å²) in [4.78, 5) is 5.40. The van der Waals surface area contributed by atoms with Crippen molar-refractivity contribution in [3.8, 4) is 10.8 Å². The second kappa shape index (κ2) is 4.76. The van der Waals surface area contributed by atoms with Crippen molar-refractivity contribution in [2.45, 2.75) is 18.8 Å². The summed E-state index contributed by atoms with van der Waals surface area (Å²) in [6.07, 6.45) is 2.15. The van der Waals surface area contributed by atoms with Gasteiger partial charge in [-0.15, -0.1) is 11.3 Å². The van der Waals surface area contributed by atoms with Crippen molar-refractivity contribution in [2.24, 2.45) is 0 Å². The van der Waals surface area contributed by atoms with Crippen LogP contribution in [0.1, 0.15) is 24.6 Å². The smallest absolute Gasteiger partial charge is 0.268 e. The summed E-state index contributed by atoms with van der Waals surface area (Å²) in [6.45, 7) is 2.05. The second-order valence-electron chi connectivity index (χ2n) is 4.09. The average Bonchev–Trinajstić information content (AvgIpc) is 2.98. The van der Waals surface area contributed by atoms with Gasteiger partial charge in [-0.05, 0) is 38.1 Å². The lowest BCUT2D eigenvalue weighted by atomic mass is 9.98. The largest absolute Gasteiger partial charge is 0.333 e. The fourth-order valence-corrected chi connectivity index (χ4v) is 2.97. The molecule has 0 atom stereocenters. The minimum absolute atomic E-state index is 0.421. The van der Waals surface area contributed by atoms with Crippen molar-refractivity contribution in [3.63, 3.8) is 0 Å². The molecule has 0 aliphatic carbocycles. The summed E-state index contributed by atoms with van der Waals surface area (Å²) in [5.74, 6) is 1.82. The molecule has 1 fully saturated rings. The third kappa shape index (κ3) is 2.36. The zero-order valence-corrected chi connectivity index (χ0v) is 10.7. The van der Waals surface area contributed by atoms with Crippen molar-refractivity contribution in [2.75, 3.05) is 13.1 Å². The van der Waals surface area contributed by atoms with Gasteiger partial charge in [0.25, 0.3) is 5.89 Å². The van der Waals surface area contributed by atoms with Gasteiger partial charge >= 0.3 is 0 Å². The van der Waals surface area contributed by atoms with Crippen LogP contribution in [-0.2, 0) is 0 Å². The maximum absolute atomic E-state index is 5.89. The number of hydrogen-bond acceptors (Lipinski definition) is 5. The molecular formula is C11H12ClN3OS. The van der Waals surface area contributed by atoms with Gasteiger partial charge in [-0.3, -0.25) is 0 Å². The number of nitrogens with one attached hydrogen (secondary N) is 1. The Labute approximate surface area is 108 Å². The Morgan fingerprint density at radius 1 is 1.35 bits per heavy atom. The lowest BCUT2D eigenvalue weighted by Gasteiger charge is -2.18. The Hall–Kier alpha value is -0.910. The van der Waals surface area contributed by atoms with E-state index in [1.807, 2.05) is 12.1 Å². The van der Waals surface area contributed by atoms with Crippen molar-refractivity contribution in [1.29, 1.82) is 0 Å². The Morgan fingerprint density at radius 3 is 2.88 bits per heavy atom. The first-order valence-corrected chi connectivity index (χ1v) is 6.82. The number of halogens is 1. The molecule has 4 nitrogen and oxygen atoms in total. The molecule has 0 saturated carbocycles. The van der Waals surface area contributed by atoms with Crippen LogP contribution in [0.15, 0.2) is 16.7 Å². The number of nitrogens with zero attached hydrogens (tertiary/aromatic N) is 2. The van der Waals surface area contributed by atoms with Crippen LogP contribution in [0.2, 0.25) is 4.34 Å². The predicted molar refractivity (Wildman–Crippen MR) is 67.5 cm³/mol. The molecule has 6 heteroatoms. The van der Waals surface area contributed by atoms with E-state index >= 15 is 0 Å². The first kappa shape index (κ1) is 11.2. The van der Waals surface area contributed by atoms with Crippen LogP contribution in [0, 0.1) is 0 Å². The molecule has 0 aromatic carbocycles. The molecule has 3 heterocycles. The summed E-state index contributed by atoms with van der Waals surface area (Å²) in [5.41, 5.74) is 0. The highest BCUT2D eigenvalue weighted by Crippen LogP contribution is 2.31. The zero-order chi connectivity index (χ0) is 11.7. The Bertz CT molecular complexity index is 504. The number of hydrogen-bond donors (Lipinski definition) is 1. The van der Waals surface area contributed by atoms with Gasteiger partial charge in [0, 0.05) is 5.92 Å². The molecule has 90 valence electrons. The van der Waals surface area contributed by atoms with E-state index in [9.17, 15) is 0 Å². The van der Waals surface area contributed by atoms with Crippen LogP contribution in [0.4, 0.5) is 0 Å². The molecule has 1 N–H and O–H groups in total. The van der Waals surface area contributed by atoms with E-state index < -0.39 is 0 Å². The minimum Gasteiger partial charge on any atom is -0.333 e. The fraction of sp³-hybridized carbons (Fsp3) is 0.455. The molecule has 17 heavy (non-hydrogen) atoms. The van der Waals surface area contributed by atoms with Crippen molar-refractivity contribution in [1.82, 2.24) is 15.5 Å². The first-order chi connectivity index (χ1) is 8.33. The number of piperidine rings is 1. The van der Waals surface area contributed by atoms with Gasteiger partial charge in [0.2, 0.25) is 0 Å². The van der Waals surface area contributed by atoms with Gasteiger partial charge in [0.15, 0.2) is 5.82 Å². The lowest BCUT2D eigenvalue weighted by molar-refractivity contribution is 0.392. The van der Waals surface area contributed by atoms with Crippen LogP contribution >= 0.6 is 22.9 Å². The van der Waals surface area contributed by atoms with E-state index in [0.717, 1.165) is 41.0 Å². The summed E-state index contributed by atoms with van der Waals surface area (Å²) in [7, 11) is 0. The molecule has 1 aliphatic rings. The molecule has 0 radical (unpaired) electrons. The molecular weight excluding hydrogens is 258 g/mol. The number of rotatable bonds is 2. The van der Waals surface area contributed by atoms with Crippen LogP contribution in [0.25, 0.3) is 10.8 Å². The monoisotopic (exact) mass is 269 g/mol. The summed E-state index contributed by atoms with van der Waals surface area (Å²) in [6, 6.07) is 3.75. The van der Waals surface area contributed by atoms with Gasteiger partial charge in [-0.25, -0.2) is 0 Å². The Morgan fingerprint density at radius 2 is 2.18 bits per heavy atom. The molecule has 1 saturated heterocycles. The van der Waals surface area contributed by atoms with Crippen molar-refractivity contribution < 1.29 is 4.52 Å². The van der Waals surface area contributed by atoms with E-state index in [0.29, 0.717) is 11.8 Å². The van der Waals surface area contributed by atoms with E-state index in [1.54, 1.807) is 0 Å². The summed E-state index contributed by atoms with van der Waals surface area (Å²) in [5, 5.41) is 7.40. The number of thiophene rings is 1. The second-order valence-corrected chi connectivity index (χ2v) is 5.80. The van der Waals surface area contributed by atoms with Gasteiger partial charge in [0.05, 0.1) is 9.21 Å². The van der Waals surface area contributed by atoms with Crippen molar-refractivity contribution in [3.05, 3.63) is 22.3 Å². The van der Waals surface area contributed by atoms with Crippen LogP contribution in [-0.4, -0.2) is 23.2 Å². The summed E-state index contributed by atoms with van der Waals surface area (Å²) >= 11 is 7.34. The predicted octanol–water partition coefficient (Wildman–Crippen LogP) is 2.92. The molecule has 0 bridgehead atoms. The highest BCUT2D eigenvalue weighted by Gasteiger charge is 2.21. The fourth-order valence-electron chi connectivity index (χ4n) is 2.01.